The molecule has 1 saturated heterocycles. The van der Waals surface area contributed by atoms with Gasteiger partial charge < -0.3 is 24.8 Å². The van der Waals surface area contributed by atoms with Crippen molar-refractivity contribution in [2.75, 3.05) is 24.6 Å². The number of halogens is 1. The number of anilines is 1. The summed E-state index contributed by atoms with van der Waals surface area (Å²) >= 11 is 6.11. The largest absolute Gasteiger partial charge is 0.490 e. The molecule has 9 nitrogen and oxygen atoms in total. The molecule has 3 fully saturated rings. The molecular weight excluding hydrogens is 530 g/mol. The molecule has 2 aliphatic carbocycles. The first-order chi connectivity index (χ1) is 19.5. The van der Waals surface area contributed by atoms with Gasteiger partial charge in [0.05, 0.1) is 28.9 Å². The third-order valence-electron chi connectivity index (χ3n) is 8.36. The van der Waals surface area contributed by atoms with Gasteiger partial charge in [-0.15, -0.1) is 10.2 Å². The van der Waals surface area contributed by atoms with Crippen LogP contribution in [0.4, 0.5) is 5.82 Å². The third-order valence-corrected chi connectivity index (χ3v) is 8.67. The number of hydrogen-bond acceptors (Lipinski definition) is 8. The zero-order valence-corrected chi connectivity index (χ0v) is 23.6. The fraction of sp³-hybridized carbons (Fsp3) is 0.600. The number of nitrogens with one attached hydrogen (secondary N) is 1. The standard InChI is InChI=1S/C30H38ClN5O4/c31-27-17-26(7-4-21(27)18-32)40-24-8-5-22(6-9-24)33-30(38)28-10-11-29(35-34-28)36-14-12-20(13-15-36)19-39-25-3-1-2-23(37)16-25/h4,7,10-11,17,20,22-25,37H,1-3,5-6,8-9,12-16,19H2,(H,33,38)/t22?,23?,24?,25-/m1/s1. The fourth-order valence-electron chi connectivity index (χ4n) is 5.92. The summed E-state index contributed by atoms with van der Waals surface area (Å²) in [5, 5.41) is 30.9. The van der Waals surface area contributed by atoms with Crippen LogP contribution >= 0.6 is 11.6 Å². The minimum absolute atomic E-state index is 0.0482. The molecule has 2 saturated carbocycles. The maximum Gasteiger partial charge on any atom is 0.272 e. The van der Waals surface area contributed by atoms with E-state index in [4.69, 9.17) is 26.3 Å². The molecule has 2 atom stereocenters. The molecule has 2 N–H and O–H groups in total. The highest BCUT2D eigenvalue weighted by atomic mass is 35.5. The van der Waals surface area contributed by atoms with E-state index in [0.717, 1.165) is 89.7 Å². The van der Waals surface area contributed by atoms with E-state index in [1.807, 2.05) is 12.1 Å². The van der Waals surface area contributed by atoms with Gasteiger partial charge in [0, 0.05) is 31.8 Å². The van der Waals surface area contributed by atoms with Gasteiger partial charge in [-0.05, 0) is 94.4 Å². The molecule has 1 aromatic heterocycles. The Morgan fingerprint density at radius 2 is 1.85 bits per heavy atom. The molecule has 214 valence electrons. The Morgan fingerprint density at radius 3 is 2.52 bits per heavy atom. The van der Waals surface area contributed by atoms with Crippen molar-refractivity contribution >= 4 is 23.3 Å². The lowest BCUT2D eigenvalue weighted by molar-refractivity contribution is -0.0302. The summed E-state index contributed by atoms with van der Waals surface area (Å²) in [6, 6.07) is 10.9. The number of rotatable bonds is 8. The highest BCUT2D eigenvalue weighted by Gasteiger charge is 2.26. The fourth-order valence-corrected chi connectivity index (χ4v) is 6.14. The SMILES string of the molecule is N#Cc1ccc(OC2CCC(NC(=O)c3ccc(N4CCC(CO[C@@H]5CCCC(O)C5)CC4)nn3)CC2)cc1Cl. The van der Waals surface area contributed by atoms with Crippen molar-refractivity contribution in [1.29, 1.82) is 5.26 Å². The van der Waals surface area contributed by atoms with E-state index in [-0.39, 0.29) is 30.3 Å². The number of hydrogen-bond donors (Lipinski definition) is 2. The van der Waals surface area contributed by atoms with E-state index in [0.29, 0.717) is 27.9 Å². The lowest BCUT2D eigenvalue weighted by Gasteiger charge is -2.34. The monoisotopic (exact) mass is 567 g/mol. The Morgan fingerprint density at radius 1 is 1.05 bits per heavy atom. The molecule has 1 amide bonds. The molecule has 0 radical (unpaired) electrons. The van der Waals surface area contributed by atoms with Crippen molar-refractivity contribution in [3.05, 3.63) is 46.6 Å². The Kier molecular flexibility index (Phi) is 9.74. The van der Waals surface area contributed by atoms with Gasteiger partial charge in [0.2, 0.25) is 0 Å². The normalized spacial score (nSPS) is 25.7. The molecule has 1 aliphatic heterocycles. The number of ether oxygens (including phenoxy) is 2. The van der Waals surface area contributed by atoms with Crippen LogP contribution in [0.2, 0.25) is 5.02 Å². The van der Waals surface area contributed by atoms with Crippen LogP contribution in [0.1, 0.15) is 80.3 Å². The third kappa shape index (κ3) is 7.62. The molecule has 40 heavy (non-hydrogen) atoms. The summed E-state index contributed by atoms with van der Waals surface area (Å²) in [5.74, 6) is 1.78. The minimum Gasteiger partial charge on any atom is -0.490 e. The van der Waals surface area contributed by atoms with Gasteiger partial charge in [-0.3, -0.25) is 4.79 Å². The summed E-state index contributed by atoms with van der Waals surface area (Å²) in [4.78, 5) is 15.0. The Hall–Kier alpha value is -2.93. The molecule has 3 aliphatic rings. The van der Waals surface area contributed by atoms with E-state index in [2.05, 4.69) is 20.4 Å². The zero-order chi connectivity index (χ0) is 27.9. The lowest BCUT2D eigenvalue weighted by Crippen LogP contribution is -2.40. The number of nitrogens with zero attached hydrogens (tertiary/aromatic N) is 4. The highest BCUT2D eigenvalue weighted by molar-refractivity contribution is 6.31. The molecular formula is C30H38ClN5O4. The van der Waals surface area contributed by atoms with Gasteiger partial charge >= 0.3 is 0 Å². The van der Waals surface area contributed by atoms with Gasteiger partial charge in [-0.2, -0.15) is 5.26 Å². The predicted molar refractivity (Wildman–Crippen MR) is 151 cm³/mol. The van der Waals surface area contributed by atoms with Crippen molar-refractivity contribution in [3.8, 4) is 11.8 Å². The van der Waals surface area contributed by atoms with Crippen molar-refractivity contribution in [2.24, 2.45) is 5.92 Å². The van der Waals surface area contributed by atoms with Crippen LogP contribution in [0.5, 0.6) is 5.75 Å². The van der Waals surface area contributed by atoms with Gasteiger partial charge in [0.25, 0.3) is 5.91 Å². The Balaban J connectivity index is 1.02. The van der Waals surface area contributed by atoms with Gasteiger partial charge in [0.15, 0.2) is 11.5 Å². The number of aliphatic hydroxyl groups is 1. The van der Waals surface area contributed by atoms with Crippen LogP contribution in [-0.4, -0.2) is 65.3 Å². The first-order valence-electron chi connectivity index (χ1n) is 14.5. The zero-order valence-electron chi connectivity index (χ0n) is 22.8. The number of aliphatic hydroxyl groups excluding tert-OH is 1. The maximum absolute atomic E-state index is 12.8. The number of piperidine rings is 1. The molecule has 2 aromatic rings. The van der Waals surface area contributed by atoms with Crippen molar-refractivity contribution in [2.45, 2.75) is 88.6 Å². The summed E-state index contributed by atoms with van der Waals surface area (Å²) < 4.78 is 12.2. The van der Waals surface area contributed by atoms with Crippen molar-refractivity contribution in [1.82, 2.24) is 15.5 Å². The van der Waals surface area contributed by atoms with Crippen LogP contribution in [0.3, 0.4) is 0 Å². The number of amides is 1. The first kappa shape index (κ1) is 28.6. The van der Waals surface area contributed by atoms with Crippen LogP contribution in [0.25, 0.3) is 0 Å². The minimum atomic E-state index is -0.208. The maximum atomic E-state index is 12.8. The molecule has 10 heteroatoms. The van der Waals surface area contributed by atoms with Crippen molar-refractivity contribution < 1.29 is 19.4 Å². The average Bonchev–Trinajstić information content (AvgIpc) is 2.98. The summed E-state index contributed by atoms with van der Waals surface area (Å²) in [6.45, 7) is 2.54. The van der Waals surface area contributed by atoms with Gasteiger partial charge in [0.1, 0.15) is 11.8 Å². The topological polar surface area (TPSA) is 121 Å². The second kappa shape index (κ2) is 13.6. The molecule has 1 unspecified atom stereocenters. The van der Waals surface area contributed by atoms with E-state index in [1.165, 1.54) is 0 Å². The Bertz CT molecular complexity index is 1170. The summed E-state index contributed by atoms with van der Waals surface area (Å²) in [5.41, 5.74) is 0.756. The molecule has 1 aromatic carbocycles. The molecule has 0 bridgehead atoms. The number of aromatic nitrogens is 2. The van der Waals surface area contributed by atoms with Crippen LogP contribution in [0.15, 0.2) is 30.3 Å². The number of carbonyl (C=O) groups is 1. The van der Waals surface area contributed by atoms with Gasteiger partial charge in [-0.1, -0.05) is 11.6 Å². The predicted octanol–water partition coefficient (Wildman–Crippen LogP) is 4.66. The number of carbonyl (C=O) groups excluding carboxylic acids is 1. The van der Waals surface area contributed by atoms with Gasteiger partial charge in [-0.25, -0.2) is 0 Å². The second-order valence-electron chi connectivity index (χ2n) is 11.3. The van der Waals surface area contributed by atoms with E-state index >= 15 is 0 Å². The van der Waals surface area contributed by atoms with Crippen molar-refractivity contribution in [3.63, 3.8) is 0 Å². The van der Waals surface area contributed by atoms with Crippen LogP contribution < -0.4 is 15.0 Å². The number of nitriles is 1. The van der Waals surface area contributed by atoms with Crippen LogP contribution in [0, 0.1) is 17.2 Å². The van der Waals surface area contributed by atoms with Crippen LogP contribution in [-0.2, 0) is 4.74 Å². The molecule has 2 heterocycles. The molecule has 0 spiro atoms. The molecule has 5 rings (SSSR count). The number of benzene rings is 1. The second-order valence-corrected chi connectivity index (χ2v) is 11.7. The Labute approximate surface area is 240 Å². The van der Waals surface area contributed by atoms with E-state index < -0.39 is 0 Å². The quantitative estimate of drug-likeness (QED) is 0.472. The summed E-state index contributed by atoms with van der Waals surface area (Å²) in [7, 11) is 0. The first-order valence-corrected chi connectivity index (χ1v) is 14.9. The van der Waals surface area contributed by atoms with E-state index in [1.54, 1.807) is 24.3 Å². The average molecular weight is 568 g/mol. The highest BCUT2D eigenvalue weighted by Crippen LogP contribution is 2.28. The van der Waals surface area contributed by atoms with E-state index in [9.17, 15) is 9.90 Å². The smallest absolute Gasteiger partial charge is 0.272 e. The summed E-state index contributed by atoms with van der Waals surface area (Å²) in [6.07, 6.45) is 9.12. The lowest BCUT2D eigenvalue weighted by atomic mass is 9.93.